The lowest BCUT2D eigenvalue weighted by Gasteiger charge is -2.51. The molecule has 0 spiro atoms. The summed E-state index contributed by atoms with van der Waals surface area (Å²) in [4.78, 5) is -0.368. The molecular weight excluding hydrogens is 695 g/mol. The Morgan fingerprint density at radius 1 is 0.707 bits per heavy atom. The van der Waals surface area contributed by atoms with Crippen LogP contribution in [0.1, 0.15) is 11.1 Å². The number of nitrogens with zero attached hydrogens (tertiary/aromatic N) is 1. The van der Waals surface area contributed by atoms with E-state index in [1.807, 2.05) is 0 Å². The van der Waals surface area contributed by atoms with Crippen LogP contribution >= 0.6 is 69.6 Å². The smallest absolute Gasteiger partial charge is 0.282 e. The van der Waals surface area contributed by atoms with Gasteiger partial charge >= 0.3 is 0 Å². The van der Waals surface area contributed by atoms with Gasteiger partial charge < -0.3 is 5.32 Å². The quantitative estimate of drug-likeness (QED) is 0.198. The first-order valence-electron chi connectivity index (χ1n) is 11.6. The van der Waals surface area contributed by atoms with Crippen LogP contribution in [0.15, 0.2) is 103 Å². The number of para-hydroxylation sites is 1. The van der Waals surface area contributed by atoms with Crippen LogP contribution in [0.25, 0.3) is 0 Å². The van der Waals surface area contributed by atoms with Gasteiger partial charge in [0.1, 0.15) is 5.71 Å². The van der Waals surface area contributed by atoms with Gasteiger partial charge in [0.2, 0.25) is 10.0 Å². The standard InChI is InChI=1S/C26H21Cl6N3O4S2/c1-16-8-12-19(13-9-16)40(36,37)34-23-21(27)22(28)25(26(31,32)24(23,29)30,33-18-6-4-3-5-7-18)35-41(38,39)20-14-10-17(2)11-15-20/h3-15,33,35H,1-2H3. The van der Waals surface area contributed by atoms with E-state index in [1.165, 1.54) is 24.3 Å². The van der Waals surface area contributed by atoms with Crippen LogP contribution in [0.2, 0.25) is 0 Å². The third kappa shape index (κ3) is 5.98. The fourth-order valence-corrected chi connectivity index (χ4v) is 8.55. The summed E-state index contributed by atoms with van der Waals surface area (Å²) in [5.41, 5.74) is -1.27. The van der Waals surface area contributed by atoms with E-state index in [1.54, 1.807) is 68.4 Å². The van der Waals surface area contributed by atoms with Crippen LogP contribution in [-0.4, -0.2) is 36.9 Å². The Labute approximate surface area is 268 Å². The zero-order chi connectivity index (χ0) is 30.4. The van der Waals surface area contributed by atoms with Crippen molar-refractivity contribution >= 4 is 101 Å². The summed E-state index contributed by atoms with van der Waals surface area (Å²) in [5, 5.41) is 1.71. The second-order valence-electron chi connectivity index (χ2n) is 9.16. The normalized spacial score (nSPS) is 21.6. The van der Waals surface area contributed by atoms with Crippen LogP contribution < -0.4 is 10.0 Å². The number of benzene rings is 3. The third-order valence-electron chi connectivity index (χ3n) is 6.15. The van der Waals surface area contributed by atoms with E-state index in [-0.39, 0.29) is 15.5 Å². The van der Waals surface area contributed by atoms with E-state index in [4.69, 9.17) is 69.6 Å². The van der Waals surface area contributed by atoms with E-state index in [2.05, 4.69) is 14.4 Å². The van der Waals surface area contributed by atoms with Gasteiger partial charge in [-0.05, 0) is 50.2 Å². The molecule has 3 aromatic rings. The molecule has 3 aromatic carbocycles. The molecule has 0 amide bonds. The zero-order valence-electron chi connectivity index (χ0n) is 21.2. The van der Waals surface area contributed by atoms with Crippen molar-refractivity contribution in [1.82, 2.24) is 4.72 Å². The maximum absolute atomic E-state index is 13.7. The molecule has 1 unspecified atom stereocenters. The first-order valence-corrected chi connectivity index (χ1v) is 16.8. The van der Waals surface area contributed by atoms with Crippen LogP contribution in [0.5, 0.6) is 0 Å². The lowest BCUT2D eigenvalue weighted by molar-refractivity contribution is 0.442. The minimum Gasteiger partial charge on any atom is -0.359 e. The zero-order valence-corrected chi connectivity index (χ0v) is 27.3. The molecule has 0 saturated carbocycles. The Kier molecular flexibility index (Phi) is 9.10. The molecule has 4 rings (SSSR count). The van der Waals surface area contributed by atoms with E-state index in [0.717, 1.165) is 11.1 Å². The van der Waals surface area contributed by atoms with Crippen molar-refractivity contribution in [1.29, 1.82) is 0 Å². The van der Waals surface area contributed by atoms with Crippen molar-refractivity contribution in [2.45, 2.75) is 38.0 Å². The van der Waals surface area contributed by atoms with Crippen LogP contribution in [-0.2, 0) is 20.0 Å². The van der Waals surface area contributed by atoms with Gasteiger partial charge in [0.25, 0.3) is 10.0 Å². The minimum atomic E-state index is -4.47. The van der Waals surface area contributed by atoms with Crippen molar-refractivity contribution < 1.29 is 16.8 Å². The van der Waals surface area contributed by atoms with E-state index in [0.29, 0.717) is 0 Å². The number of alkyl halides is 4. The molecule has 1 aliphatic rings. The Morgan fingerprint density at radius 2 is 1.20 bits per heavy atom. The molecule has 0 bridgehead atoms. The summed E-state index contributed by atoms with van der Waals surface area (Å²) in [5.74, 6) is 0. The topological polar surface area (TPSA) is 105 Å². The van der Waals surface area contributed by atoms with Gasteiger partial charge in [-0.1, -0.05) is 123 Å². The molecule has 0 aliphatic heterocycles. The fraction of sp³-hybridized carbons (Fsp3) is 0.192. The average Bonchev–Trinajstić information content (AvgIpc) is 2.90. The molecule has 1 aliphatic carbocycles. The Balaban J connectivity index is 1.98. The van der Waals surface area contributed by atoms with E-state index in [9.17, 15) is 16.8 Å². The molecular formula is C26H21Cl6N3O4S2. The number of nitrogens with one attached hydrogen (secondary N) is 2. The first-order chi connectivity index (χ1) is 18.9. The molecule has 0 fully saturated rings. The molecule has 0 saturated heterocycles. The molecule has 218 valence electrons. The third-order valence-corrected chi connectivity index (χ3v) is 12.3. The lowest BCUT2D eigenvalue weighted by atomic mass is 9.91. The molecule has 1 atom stereocenters. The SMILES string of the molecule is Cc1ccc(S(=O)(=O)N=C2C(Cl)=C(Cl)C(Nc3ccccc3)(NS(=O)(=O)c3ccc(C)cc3)C(Cl)(Cl)C2(Cl)Cl)cc1. The Bertz CT molecular complexity index is 1740. The van der Waals surface area contributed by atoms with Crippen molar-refractivity contribution in [3.05, 3.63) is 100 Å². The van der Waals surface area contributed by atoms with Gasteiger partial charge in [0.15, 0.2) is 14.3 Å². The highest BCUT2D eigenvalue weighted by atomic mass is 35.5. The Hall–Kier alpha value is -1.53. The van der Waals surface area contributed by atoms with Crippen LogP contribution in [0, 0.1) is 13.8 Å². The lowest BCUT2D eigenvalue weighted by Crippen LogP contribution is -2.73. The van der Waals surface area contributed by atoms with E-state index < -0.39 is 50.2 Å². The molecule has 41 heavy (non-hydrogen) atoms. The Morgan fingerprint density at radius 3 is 1.71 bits per heavy atom. The second kappa shape index (κ2) is 11.5. The van der Waals surface area contributed by atoms with Crippen molar-refractivity contribution in [2.75, 3.05) is 5.32 Å². The summed E-state index contributed by atoms with van der Waals surface area (Å²) in [7, 11) is -8.93. The average molecular weight is 716 g/mol. The summed E-state index contributed by atoms with van der Waals surface area (Å²) in [6.07, 6.45) is 0. The highest BCUT2D eigenvalue weighted by molar-refractivity contribution is 7.90. The van der Waals surface area contributed by atoms with Crippen molar-refractivity contribution in [3.8, 4) is 0 Å². The van der Waals surface area contributed by atoms with Gasteiger partial charge in [-0.3, -0.25) is 0 Å². The number of rotatable bonds is 7. The predicted molar refractivity (Wildman–Crippen MR) is 168 cm³/mol. The largest absolute Gasteiger partial charge is 0.359 e. The highest BCUT2D eigenvalue weighted by Crippen LogP contribution is 2.59. The van der Waals surface area contributed by atoms with Gasteiger partial charge in [-0.25, -0.2) is 8.42 Å². The summed E-state index contributed by atoms with van der Waals surface area (Å²) < 4.78 is 54.6. The monoisotopic (exact) mass is 713 g/mol. The first kappa shape index (κ1) is 32.4. The number of hydrogen-bond donors (Lipinski definition) is 2. The van der Waals surface area contributed by atoms with Gasteiger partial charge in [0.05, 0.1) is 19.9 Å². The molecule has 0 heterocycles. The van der Waals surface area contributed by atoms with E-state index >= 15 is 0 Å². The highest BCUT2D eigenvalue weighted by Gasteiger charge is 2.71. The molecule has 7 nitrogen and oxygen atoms in total. The number of anilines is 1. The number of sulfonamides is 2. The second-order valence-corrected chi connectivity index (χ2v) is 15.9. The summed E-state index contributed by atoms with van der Waals surface area (Å²) >= 11 is 40.5. The summed E-state index contributed by atoms with van der Waals surface area (Å²) in [6, 6.07) is 19.8. The molecule has 0 radical (unpaired) electrons. The van der Waals surface area contributed by atoms with Crippen molar-refractivity contribution in [3.63, 3.8) is 0 Å². The maximum Gasteiger partial charge on any atom is 0.282 e. The minimum absolute atomic E-state index is 0.168. The molecule has 15 heteroatoms. The van der Waals surface area contributed by atoms with Gasteiger partial charge in [-0.15, -0.1) is 0 Å². The molecule has 0 aromatic heterocycles. The van der Waals surface area contributed by atoms with Gasteiger partial charge in [0, 0.05) is 5.69 Å². The predicted octanol–water partition coefficient (Wildman–Crippen LogP) is 7.27. The number of allylic oxidation sites excluding steroid dienone is 1. The molecule has 2 N–H and O–H groups in total. The van der Waals surface area contributed by atoms with Gasteiger partial charge in [-0.2, -0.15) is 17.5 Å². The van der Waals surface area contributed by atoms with Crippen LogP contribution in [0.4, 0.5) is 5.69 Å². The number of hydrogen-bond acceptors (Lipinski definition) is 5. The maximum atomic E-state index is 13.7. The van der Waals surface area contributed by atoms with Crippen LogP contribution in [0.3, 0.4) is 0 Å². The number of aryl methyl sites for hydroxylation is 2. The van der Waals surface area contributed by atoms with Crippen molar-refractivity contribution in [2.24, 2.45) is 4.40 Å². The summed E-state index contributed by atoms with van der Waals surface area (Å²) in [6.45, 7) is 3.56. The fourth-order valence-electron chi connectivity index (χ4n) is 3.89. The number of halogens is 6.